The fourth-order valence-electron chi connectivity index (χ4n) is 3.77. The molecule has 1 fully saturated rings. The molecule has 2 N–H and O–H groups in total. The van der Waals surface area contributed by atoms with Crippen molar-refractivity contribution in [2.45, 2.75) is 37.5 Å². The number of hydrogen-bond acceptors (Lipinski definition) is 5. The van der Waals surface area contributed by atoms with Crippen molar-refractivity contribution in [2.75, 3.05) is 32.1 Å². The van der Waals surface area contributed by atoms with Gasteiger partial charge < -0.3 is 15.4 Å². The Morgan fingerprint density at radius 3 is 2.55 bits per heavy atom. The molecule has 9 heteroatoms. The van der Waals surface area contributed by atoms with Crippen LogP contribution in [0.3, 0.4) is 0 Å². The Labute approximate surface area is 195 Å². The largest absolute Gasteiger partial charge is 0.497 e. The summed E-state index contributed by atoms with van der Waals surface area (Å²) < 4.78 is 32.6. The molecule has 0 aromatic heterocycles. The van der Waals surface area contributed by atoms with Gasteiger partial charge in [-0.15, -0.1) is 0 Å². The quantitative estimate of drug-likeness (QED) is 0.544. The zero-order valence-corrected chi connectivity index (χ0v) is 19.9. The van der Waals surface area contributed by atoms with Gasteiger partial charge in [0.05, 0.1) is 29.2 Å². The summed E-state index contributed by atoms with van der Waals surface area (Å²) in [6.07, 6.45) is 3.00. The van der Waals surface area contributed by atoms with Gasteiger partial charge in [-0.05, 0) is 55.7 Å². The van der Waals surface area contributed by atoms with E-state index >= 15 is 0 Å². The second-order valence-electron chi connectivity index (χ2n) is 8.02. The summed E-state index contributed by atoms with van der Waals surface area (Å²) in [5, 5.41) is 5.70. The summed E-state index contributed by atoms with van der Waals surface area (Å²) in [5.74, 6) is -0.477. The van der Waals surface area contributed by atoms with Crippen molar-refractivity contribution in [1.29, 1.82) is 0 Å². The predicted octanol–water partition coefficient (Wildman–Crippen LogP) is 3.26. The number of piperidine rings is 1. The number of unbranched alkanes of at least 4 members (excludes halogenated alkanes) is 1. The molecule has 2 aromatic rings. The van der Waals surface area contributed by atoms with Gasteiger partial charge in [-0.3, -0.25) is 9.59 Å². The third-order valence-electron chi connectivity index (χ3n) is 5.70. The van der Waals surface area contributed by atoms with Gasteiger partial charge in [-0.25, -0.2) is 8.42 Å². The molecule has 1 aliphatic heterocycles. The van der Waals surface area contributed by atoms with Crippen LogP contribution in [0.5, 0.6) is 5.75 Å². The van der Waals surface area contributed by atoms with Crippen LogP contribution in [-0.2, 0) is 14.8 Å². The lowest BCUT2D eigenvalue weighted by Gasteiger charge is -2.31. The number of benzene rings is 2. The van der Waals surface area contributed by atoms with E-state index in [0.29, 0.717) is 42.9 Å². The molecule has 33 heavy (non-hydrogen) atoms. The highest BCUT2D eigenvalue weighted by atomic mass is 32.2. The number of nitrogens with one attached hydrogen (secondary N) is 2. The van der Waals surface area contributed by atoms with E-state index in [2.05, 4.69) is 10.6 Å². The van der Waals surface area contributed by atoms with E-state index < -0.39 is 15.9 Å². The van der Waals surface area contributed by atoms with Gasteiger partial charge in [-0.1, -0.05) is 25.5 Å². The fourth-order valence-corrected chi connectivity index (χ4v) is 5.29. The maximum atomic E-state index is 13.1. The average molecular weight is 474 g/mol. The minimum absolute atomic E-state index is 0.0884. The van der Waals surface area contributed by atoms with Crippen molar-refractivity contribution < 1.29 is 22.7 Å². The Balaban J connectivity index is 1.69. The van der Waals surface area contributed by atoms with Crippen molar-refractivity contribution in [3.63, 3.8) is 0 Å². The van der Waals surface area contributed by atoms with Crippen molar-refractivity contribution in [3.05, 3.63) is 54.1 Å². The van der Waals surface area contributed by atoms with Crippen LogP contribution in [0.15, 0.2) is 53.4 Å². The molecule has 0 radical (unpaired) electrons. The van der Waals surface area contributed by atoms with Crippen molar-refractivity contribution in [3.8, 4) is 5.75 Å². The number of amides is 2. The Morgan fingerprint density at radius 1 is 1.12 bits per heavy atom. The summed E-state index contributed by atoms with van der Waals surface area (Å²) in [7, 11) is -2.21. The van der Waals surface area contributed by atoms with Crippen LogP contribution in [-0.4, -0.2) is 51.3 Å². The van der Waals surface area contributed by atoms with Crippen LogP contribution in [0.2, 0.25) is 0 Å². The molecule has 1 saturated heterocycles. The number of carbonyl (C=O) groups excluding carboxylic acids is 2. The number of rotatable bonds is 9. The second-order valence-corrected chi connectivity index (χ2v) is 9.96. The van der Waals surface area contributed by atoms with Crippen LogP contribution >= 0.6 is 0 Å². The zero-order chi connectivity index (χ0) is 23.8. The summed E-state index contributed by atoms with van der Waals surface area (Å²) in [6, 6.07) is 13.1. The lowest BCUT2D eigenvalue weighted by Crippen LogP contribution is -2.43. The molecule has 178 valence electrons. The lowest BCUT2D eigenvalue weighted by molar-refractivity contribution is -0.120. The Bertz CT molecular complexity index is 1070. The summed E-state index contributed by atoms with van der Waals surface area (Å²) in [4.78, 5) is 25.7. The standard InChI is InChI=1S/C24H31N3O5S/c1-3-4-15-25-24(29)21-9-5-6-10-22(21)26-23(28)18-8-7-16-27(17-18)33(30,31)20-13-11-19(32-2)12-14-20/h5-6,9-14,18H,3-4,7-8,15-17H2,1-2H3,(H,25,29)(H,26,28). The number of para-hydroxylation sites is 1. The molecular weight excluding hydrogens is 442 g/mol. The zero-order valence-electron chi connectivity index (χ0n) is 19.0. The van der Waals surface area contributed by atoms with Crippen LogP contribution in [0.4, 0.5) is 5.69 Å². The first kappa shape index (κ1) is 24.7. The molecule has 1 atom stereocenters. The number of methoxy groups -OCH3 is 1. The Morgan fingerprint density at radius 2 is 1.85 bits per heavy atom. The highest BCUT2D eigenvalue weighted by molar-refractivity contribution is 7.89. The van der Waals surface area contributed by atoms with Gasteiger partial charge >= 0.3 is 0 Å². The second kappa shape index (κ2) is 11.3. The van der Waals surface area contributed by atoms with Crippen LogP contribution in [0, 0.1) is 5.92 Å². The maximum Gasteiger partial charge on any atom is 0.253 e. The topological polar surface area (TPSA) is 105 Å². The molecule has 2 amide bonds. The van der Waals surface area contributed by atoms with Gasteiger partial charge in [0.15, 0.2) is 0 Å². The first-order valence-electron chi connectivity index (χ1n) is 11.2. The number of anilines is 1. The average Bonchev–Trinajstić information content (AvgIpc) is 2.84. The highest BCUT2D eigenvalue weighted by Gasteiger charge is 2.33. The van der Waals surface area contributed by atoms with Gasteiger partial charge in [-0.2, -0.15) is 4.31 Å². The van der Waals surface area contributed by atoms with Crippen LogP contribution < -0.4 is 15.4 Å². The van der Waals surface area contributed by atoms with Crippen molar-refractivity contribution in [2.24, 2.45) is 5.92 Å². The Hall–Kier alpha value is -2.91. The number of ether oxygens (including phenoxy) is 1. The number of nitrogens with zero attached hydrogens (tertiary/aromatic N) is 1. The minimum Gasteiger partial charge on any atom is -0.497 e. The van der Waals surface area contributed by atoms with E-state index in [0.717, 1.165) is 12.8 Å². The van der Waals surface area contributed by atoms with Crippen molar-refractivity contribution in [1.82, 2.24) is 9.62 Å². The third kappa shape index (κ3) is 6.11. The van der Waals surface area contributed by atoms with Gasteiger partial charge in [0.25, 0.3) is 5.91 Å². The van der Waals surface area contributed by atoms with E-state index in [4.69, 9.17) is 4.74 Å². The summed E-state index contributed by atoms with van der Waals surface area (Å²) in [5.41, 5.74) is 0.812. The first-order valence-corrected chi connectivity index (χ1v) is 12.6. The molecule has 2 aromatic carbocycles. The smallest absolute Gasteiger partial charge is 0.253 e. The summed E-state index contributed by atoms with van der Waals surface area (Å²) >= 11 is 0. The number of sulfonamides is 1. The van der Waals surface area contributed by atoms with Gasteiger partial charge in [0.1, 0.15) is 5.75 Å². The predicted molar refractivity (Wildman–Crippen MR) is 127 cm³/mol. The SMILES string of the molecule is CCCCNC(=O)c1ccccc1NC(=O)C1CCCN(S(=O)(=O)c2ccc(OC)cc2)C1. The summed E-state index contributed by atoms with van der Waals surface area (Å²) in [6.45, 7) is 3.06. The lowest BCUT2D eigenvalue weighted by atomic mass is 9.98. The monoisotopic (exact) mass is 473 g/mol. The molecule has 1 heterocycles. The van der Waals surface area contributed by atoms with Gasteiger partial charge in [0, 0.05) is 19.6 Å². The minimum atomic E-state index is -3.73. The number of carbonyl (C=O) groups is 2. The molecular formula is C24H31N3O5S. The third-order valence-corrected chi connectivity index (χ3v) is 7.58. The molecule has 0 saturated carbocycles. The normalized spacial score (nSPS) is 16.7. The van der Waals surface area contributed by atoms with E-state index in [-0.39, 0.29) is 23.3 Å². The van der Waals surface area contributed by atoms with Gasteiger partial charge in [0.2, 0.25) is 15.9 Å². The molecule has 1 unspecified atom stereocenters. The van der Waals surface area contributed by atoms with Crippen molar-refractivity contribution >= 4 is 27.5 Å². The molecule has 0 aliphatic carbocycles. The first-order chi connectivity index (χ1) is 15.9. The van der Waals surface area contributed by atoms with E-state index in [1.807, 2.05) is 6.92 Å². The maximum absolute atomic E-state index is 13.1. The molecule has 3 rings (SSSR count). The van der Waals surface area contributed by atoms with Crippen LogP contribution in [0.1, 0.15) is 43.0 Å². The molecule has 1 aliphatic rings. The fraction of sp³-hybridized carbons (Fsp3) is 0.417. The highest BCUT2D eigenvalue weighted by Crippen LogP contribution is 2.26. The van der Waals surface area contributed by atoms with E-state index in [1.54, 1.807) is 36.4 Å². The molecule has 8 nitrogen and oxygen atoms in total. The number of hydrogen-bond donors (Lipinski definition) is 2. The molecule has 0 bridgehead atoms. The molecule has 0 spiro atoms. The Kier molecular flexibility index (Phi) is 8.46. The van der Waals surface area contributed by atoms with E-state index in [9.17, 15) is 18.0 Å². The van der Waals surface area contributed by atoms with E-state index in [1.165, 1.54) is 23.5 Å². The van der Waals surface area contributed by atoms with Crippen LogP contribution in [0.25, 0.3) is 0 Å².